The average Bonchev–Trinajstić information content (AvgIpc) is 2.45. The van der Waals surface area contributed by atoms with Gasteiger partial charge in [-0.3, -0.25) is 0 Å². The molecule has 0 bridgehead atoms. The van der Waals surface area contributed by atoms with Gasteiger partial charge in [0.25, 0.3) is 0 Å². The Balaban J connectivity index is 2.74. The fourth-order valence-electron chi connectivity index (χ4n) is 2.90. The Morgan fingerprint density at radius 2 is 1.81 bits per heavy atom. The summed E-state index contributed by atoms with van der Waals surface area (Å²) < 4.78 is 14.1. The average molecular weight is 294 g/mol. The lowest BCUT2D eigenvalue weighted by atomic mass is 9.93. The molecule has 1 rings (SSSR count). The molecule has 0 aliphatic carbocycles. The van der Waals surface area contributed by atoms with E-state index in [9.17, 15) is 4.39 Å². The van der Waals surface area contributed by atoms with Gasteiger partial charge in [-0.2, -0.15) is 0 Å². The van der Waals surface area contributed by atoms with Crippen molar-refractivity contribution in [2.24, 2.45) is 11.8 Å². The standard InChI is InChI=1S/C18H31FN2/c1-6-14(3)12-21(5)13-15(4)18(20-7-2)16-10-8-9-11-17(16)19/h8-11,14-15,18,20H,6-7,12-13H2,1-5H3. The monoisotopic (exact) mass is 294 g/mol. The minimum absolute atomic E-state index is 0.0654. The molecule has 0 aliphatic rings. The summed E-state index contributed by atoms with van der Waals surface area (Å²) in [6.45, 7) is 11.7. The zero-order valence-electron chi connectivity index (χ0n) is 14.2. The molecular formula is C18H31FN2. The maximum absolute atomic E-state index is 14.1. The predicted molar refractivity (Wildman–Crippen MR) is 88.9 cm³/mol. The first-order valence-corrected chi connectivity index (χ1v) is 8.15. The highest BCUT2D eigenvalue weighted by Crippen LogP contribution is 2.25. The molecule has 0 aliphatic heterocycles. The predicted octanol–water partition coefficient (Wildman–Crippen LogP) is 4.09. The summed E-state index contributed by atoms with van der Waals surface area (Å²) in [7, 11) is 2.16. The highest BCUT2D eigenvalue weighted by atomic mass is 19.1. The Kier molecular flexibility index (Phi) is 7.91. The first-order valence-electron chi connectivity index (χ1n) is 8.15. The third-order valence-electron chi connectivity index (χ3n) is 4.15. The summed E-state index contributed by atoms with van der Waals surface area (Å²) in [5, 5.41) is 3.45. The molecule has 0 saturated heterocycles. The number of hydrogen-bond acceptors (Lipinski definition) is 2. The third kappa shape index (κ3) is 5.76. The van der Waals surface area contributed by atoms with E-state index in [1.807, 2.05) is 12.1 Å². The van der Waals surface area contributed by atoms with E-state index >= 15 is 0 Å². The van der Waals surface area contributed by atoms with Crippen LogP contribution in [0.2, 0.25) is 0 Å². The first-order chi connectivity index (χ1) is 9.99. The summed E-state index contributed by atoms with van der Waals surface area (Å²) >= 11 is 0. The Labute approximate surface area is 129 Å². The largest absolute Gasteiger partial charge is 0.310 e. The number of halogens is 1. The van der Waals surface area contributed by atoms with E-state index in [-0.39, 0.29) is 11.9 Å². The van der Waals surface area contributed by atoms with Crippen molar-refractivity contribution < 1.29 is 4.39 Å². The van der Waals surface area contributed by atoms with Gasteiger partial charge in [0.15, 0.2) is 0 Å². The Morgan fingerprint density at radius 3 is 2.38 bits per heavy atom. The van der Waals surface area contributed by atoms with Crippen molar-refractivity contribution in [3.8, 4) is 0 Å². The highest BCUT2D eigenvalue weighted by Gasteiger charge is 2.22. The Morgan fingerprint density at radius 1 is 1.14 bits per heavy atom. The van der Waals surface area contributed by atoms with Crippen LogP contribution in [0.15, 0.2) is 24.3 Å². The fraction of sp³-hybridized carbons (Fsp3) is 0.667. The summed E-state index contributed by atoms with van der Waals surface area (Å²) in [5.74, 6) is 0.948. The second-order valence-electron chi connectivity index (χ2n) is 6.27. The lowest BCUT2D eigenvalue weighted by Gasteiger charge is -2.30. The zero-order chi connectivity index (χ0) is 15.8. The van der Waals surface area contributed by atoms with Gasteiger partial charge in [0, 0.05) is 24.7 Å². The molecule has 0 fully saturated rings. The molecular weight excluding hydrogens is 263 g/mol. The van der Waals surface area contributed by atoms with Crippen molar-refractivity contribution in [2.75, 3.05) is 26.7 Å². The molecule has 0 spiro atoms. The first kappa shape index (κ1) is 18.1. The van der Waals surface area contributed by atoms with Gasteiger partial charge in [0.05, 0.1) is 0 Å². The molecule has 120 valence electrons. The van der Waals surface area contributed by atoms with Crippen molar-refractivity contribution in [1.29, 1.82) is 0 Å². The molecule has 3 atom stereocenters. The van der Waals surface area contributed by atoms with Gasteiger partial charge < -0.3 is 10.2 Å². The van der Waals surface area contributed by atoms with Gasteiger partial charge in [-0.05, 0) is 31.5 Å². The van der Waals surface area contributed by atoms with Gasteiger partial charge in [-0.15, -0.1) is 0 Å². The molecule has 0 radical (unpaired) electrons. The van der Waals surface area contributed by atoms with E-state index in [4.69, 9.17) is 0 Å². The van der Waals surface area contributed by atoms with E-state index in [2.05, 4.69) is 45.0 Å². The summed E-state index contributed by atoms with van der Waals surface area (Å²) in [4.78, 5) is 2.37. The van der Waals surface area contributed by atoms with Crippen LogP contribution in [0, 0.1) is 17.7 Å². The molecule has 1 aromatic carbocycles. The minimum atomic E-state index is -0.111. The molecule has 3 heteroatoms. The van der Waals surface area contributed by atoms with E-state index < -0.39 is 0 Å². The van der Waals surface area contributed by atoms with Crippen molar-refractivity contribution in [3.63, 3.8) is 0 Å². The van der Waals surface area contributed by atoms with Crippen LogP contribution in [0.5, 0.6) is 0 Å². The van der Waals surface area contributed by atoms with Gasteiger partial charge in [-0.25, -0.2) is 4.39 Å². The fourth-order valence-corrected chi connectivity index (χ4v) is 2.90. The van der Waals surface area contributed by atoms with Crippen LogP contribution in [0.25, 0.3) is 0 Å². The molecule has 1 aromatic rings. The van der Waals surface area contributed by atoms with Gasteiger partial charge >= 0.3 is 0 Å². The molecule has 21 heavy (non-hydrogen) atoms. The van der Waals surface area contributed by atoms with E-state index in [1.54, 1.807) is 12.1 Å². The number of nitrogens with zero attached hydrogens (tertiary/aromatic N) is 1. The van der Waals surface area contributed by atoms with Crippen molar-refractivity contribution in [3.05, 3.63) is 35.6 Å². The minimum Gasteiger partial charge on any atom is -0.310 e. The molecule has 0 heterocycles. The van der Waals surface area contributed by atoms with Crippen molar-refractivity contribution >= 4 is 0 Å². The van der Waals surface area contributed by atoms with Crippen LogP contribution in [0.1, 0.15) is 45.7 Å². The summed E-state index contributed by atoms with van der Waals surface area (Å²) in [6.07, 6.45) is 1.20. The smallest absolute Gasteiger partial charge is 0.127 e. The lowest BCUT2D eigenvalue weighted by Crippen LogP contribution is -2.36. The Hall–Kier alpha value is -0.930. The van der Waals surface area contributed by atoms with E-state index in [1.165, 1.54) is 6.42 Å². The summed E-state index contributed by atoms with van der Waals surface area (Å²) in [6, 6.07) is 7.18. The van der Waals surface area contributed by atoms with Gasteiger partial charge in [-0.1, -0.05) is 52.3 Å². The van der Waals surface area contributed by atoms with Gasteiger partial charge in [0.1, 0.15) is 5.82 Å². The molecule has 0 saturated carbocycles. The molecule has 0 aromatic heterocycles. The highest BCUT2D eigenvalue weighted by molar-refractivity contribution is 5.22. The number of benzene rings is 1. The van der Waals surface area contributed by atoms with Crippen LogP contribution in [0.4, 0.5) is 4.39 Å². The third-order valence-corrected chi connectivity index (χ3v) is 4.15. The topological polar surface area (TPSA) is 15.3 Å². The molecule has 0 amide bonds. The van der Waals surface area contributed by atoms with Crippen LogP contribution < -0.4 is 5.32 Å². The van der Waals surface area contributed by atoms with E-state index in [0.717, 1.165) is 25.2 Å². The zero-order valence-corrected chi connectivity index (χ0v) is 14.2. The van der Waals surface area contributed by atoms with E-state index in [0.29, 0.717) is 11.8 Å². The van der Waals surface area contributed by atoms with Crippen LogP contribution in [-0.2, 0) is 0 Å². The molecule has 2 nitrogen and oxygen atoms in total. The van der Waals surface area contributed by atoms with Crippen LogP contribution in [0.3, 0.4) is 0 Å². The normalized spacial score (nSPS) is 16.0. The molecule has 3 unspecified atom stereocenters. The molecule has 1 N–H and O–H groups in total. The number of nitrogens with one attached hydrogen (secondary N) is 1. The quantitative estimate of drug-likeness (QED) is 0.738. The Bertz CT molecular complexity index is 408. The van der Waals surface area contributed by atoms with Crippen LogP contribution in [-0.4, -0.2) is 31.6 Å². The lowest BCUT2D eigenvalue weighted by molar-refractivity contribution is 0.220. The number of hydrogen-bond donors (Lipinski definition) is 1. The SMILES string of the molecule is CCNC(c1ccccc1F)C(C)CN(C)CC(C)CC. The van der Waals surface area contributed by atoms with Crippen molar-refractivity contribution in [1.82, 2.24) is 10.2 Å². The second-order valence-corrected chi connectivity index (χ2v) is 6.27. The maximum Gasteiger partial charge on any atom is 0.127 e. The van der Waals surface area contributed by atoms with Crippen molar-refractivity contribution in [2.45, 2.75) is 40.2 Å². The summed E-state index contributed by atoms with van der Waals surface area (Å²) in [5.41, 5.74) is 0.781. The van der Waals surface area contributed by atoms with Gasteiger partial charge in [0.2, 0.25) is 0 Å². The van der Waals surface area contributed by atoms with Crippen LogP contribution >= 0.6 is 0 Å². The number of rotatable bonds is 9. The maximum atomic E-state index is 14.1. The second kappa shape index (κ2) is 9.16.